The molecule has 1 aromatic carbocycles. The van der Waals surface area contributed by atoms with Gasteiger partial charge in [0.05, 0.1) is 22.1 Å². The Balaban J connectivity index is 3.39. The number of benzene rings is 1. The highest BCUT2D eigenvalue weighted by atomic mass is 35.5. The summed E-state index contributed by atoms with van der Waals surface area (Å²) in [6.45, 7) is 2.55. The summed E-state index contributed by atoms with van der Waals surface area (Å²) in [4.78, 5) is -0.493. The highest BCUT2D eigenvalue weighted by molar-refractivity contribution is 7.91. The summed E-state index contributed by atoms with van der Waals surface area (Å²) in [5, 5.41) is 9.00. The Morgan fingerprint density at radius 1 is 1.25 bits per heavy atom. The molecule has 0 amide bonds. The lowest BCUT2D eigenvalue weighted by molar-refractivity contribution is 0.208. The summed E-state index contributed by atoms with van der Waals surface area (Å²) in [7, 11) is -7.60. The molecule has 0 aliphatic heterocycles. The van der Waals surface area contributed by atoms with Gasteiger partial charge in [-0.15, -0.1) is 0 Å². The Labute approximate surface area is 123 Å². The molecule has 0 aromatic heterocycles. The minimum absolute atomic E-state index is 0.0985. The molecule has 0 aliphatic rings. The normalized spacial score (nSPS) is 13.4. The van der Waals surface area contributed by atoms with E-state index in [-0.39, 0.29) is 14.8 Å². The maximum Gasteiger partial charge on any atom is 0.242 e. The van der Waals surface area contributed by atoms with Crippen LogP contribution in [0.2, 0.25) is 5.02 Å². The van der Waals surface area contributed by atoms with Gasteiger partial charge in [0.15, 0.2) is 9.84 Å². The van der Waals surface area contributed by atoms with Gasteiger partial charge in [-0.05, 0) is 32.0 Å². The number of aliphatic hydroxyl groups excluding tert-OH is 1. The van der Waals surface area contributed by atoms with Crippen molar-refractivity contribution >= 4 is 31.5 Å². The van der Waals surface area contributed by atoms with Crippen LogP contribution in [0.15, 0.2) is 28.0 Å². The number of sulfone groups is 1. The summed E-state index contributed by atoms with van der Waals surface area (Å²) in [5.74, 6) is 0. The molecular weight excluding hydrogens is 326 g/mol. The first-order valence-corrected chi connectivity index (χ1v) is 9.29. The molecule has 20 heavy (non-hydrogen) atoms. The zero-order valence-electron chi connectivity index (χ0n) is 11.2. The molecule has 0 heterocycles. The molecule has 9 heteroatoms. The van der Waals surface area contributed by atoms with Gasteiger partial charge in [-0.3, -0.25) is 0 Å². The molecule has 0 atom stereocenters. The number of aliphatic hydroxyl groups is 1. The fraction of sp³-hybridized carbons (Fsp3) is 0.455. The maximum absolute atomic E-state index is 12.2. The predicted molar refractivity (Wildman–Crippen MR) is 76.0 cm³/mol. The molecule has 0 saturated carbocycles. The van der Waals surface area contributed by atoms with E-state index in [0.717, 1.165) is 12.3 Å². The van der Waals surface area contributed by atoms with E-state index in [2.05, 4.69) is 4.72 Å². The van der Waals surface area contributed by atoms with Crippen LogP contribution in [-0.2, 0) is 19.9 Å². The number of hydrogen-bond acceptors (Lipinski definition) is 5. The van der Waals surface area contributed by atoms with Crippen molar-refractivity contribution in [1.29, 1.82) is 0 Å². The minimum atomic E-state index is -4.05. The SMILES string of the molecule is CC(C)(CO)NS(=O)(=O)c1cc(S(C)(=O)=O)ccc1Cl. The van der Waals surface area contributed by atoms with Crippen LogP contribution in [0, 0.1) is 0 Å². The van der Waals surface area contributed by atoms with Gasteiger partial charge in [0.25, 0.3) is 0 Å². The number of hydrogen-bond donors (Lipinski definition) is 2. The Bertz CT molecular complexity index is 710. The molecule has 0 saturated heterocycles. The first-order valence-electron chi connectivity index (χ1n) is 5.53. The number of sulfonamides is 1. The molecule has 0 aliphatic carbocycles. The summed E-state index contributed by atoms with van der Waals surface area (Å²) < 4.78 is 49.6. The second kappa shape index (κ2) is 5.61. The summed E-state index contributed by atoms with van der Waals surface area (Å²) in [6.07, 6.45) is 0.970. The van der Waals surface area contributed by atoms with Crippen molar-refractivity contribution in [2.75, 3.05) is 12.9 Å². The molecular formula is C11H16ClNO5S2. The standard InChI is InChI=1S/C11H16ClNO5S2/c1-11(2,7-14)13-20(17,18)10-6-8(19(3,15)16)4-5-9(10)12/h4-6,13-14H,7H2,1-3H3. The van der Waals surface area contributed by atoms with E-state index in [1.807, 2.05) is 0 Å². The molecule has 6 nitrogen and oxygen atoms in total. The lowest BCUT2D eigenvalue weighted by atomic mass is 10.1. The lowest BCUT2D eigenvalue weighted by Crippen LogP contribution is -2.46. The molecule has 1 rings (SSSR count). The molecule has 0 spiro atoms. The number of nitrogens with one attached hydrogen (secondary N) is 1. The number of halogens is 1. The van der Waals surface area contributed by atoms with Crippen LogP contribution in [0.4, 0.5) is 0 Å². The van der Waals surface area contributed by atoms with E-state index in [0.29, 0.717) is 0 Å². The van der Waals surface area contributed by atoms with Gasteiger partial charge in [-0.1, -0.05) is 11.6 Å². The van der Waals surface area contributed by atoms with Crippen molar-refractivity contribution in [1.82, 2.24) is 4.72 Å². The molecule has 0 unspecified atom stereocenters. The van der Waals surface area contributed by atoms with Crippen LogP contribution in [0.5, 0.6) is 0 Å². The first-order chi connectivity index (χ1) is 8.89. The second-order valence-electron chi connectivity index (χ2n) is 5.01. The minimum Gasteiger partial charge on any atom is -0.394 e. The Morgan fingerprint density at radius 3 is 2.25 bits per heavy atom. The first kappa shape index (κ1) is 17.4. The van der Waals surface area contributed by atoms with Gasteiger partial charge < -0.3 is 5.11 Å². The van der Waals surface area contributed by atoms with Crippen LogP contribution >= 0.6 is 11.6 Å². The van der Waals surface area contributed by atoms with E-state index in [1.165, 1.54) is 26.0 Å². The fourth-order valence-corrected chi connectivity index (χ4v) is 4.02. The van der Waals surface area contributed by atoms with Crippen molar-refractivity contribution < 1.29 is 21.9 Å². The van der Waals surface area contributed by atoms with Gasteiger partial charge in [0, 0.05) is 6.26 Å². The van der Waals surface area contributed by atoms with Gasteiger partial charge in [0.1, 0.15) is 4.90 Å². The summed E-state index contributed by atoms with van der Waals surface area (Å²) >= 11 is 5.83. The van der Waals surface area contributed by atoms with Crippen molar-refractivity contribution in [3.63, 3.8) is 0 Å². The van der Waals surface area contributed by atoms with E-state index in [4.69, 9.17) is 16.7 Å². The van der Waals surface area contributed by atoms with E-state index >= 15 is 0 Å². The topological polar surface area (TPSA) is 101 Å². The Hall–Kier alpha value is -0.670. The predicted octanol–water partition coefficient (Wildman–Crippen LogP) is 0.793. The summed E-state index contributed by atoms with van der Waals surface area (Å²) in [6, 6.07) is 3.43. The van der Waals surface area contributed by atoms with Crippen LogP contribution in [-0.4, -0.2) is 40.3 Å². The molecule has 0 bridgehead atoms. The molecule has 0 radical (unpaired) electrons. The van der Waals surface area contributed by atoms with E-state index in [9.17, 15) is 16.8 Å². The van der Waals surface area contributed by atoms with Crippen molar-refractivity contribution in [3.8, 4) is 0 Å². The molecule has 2 N–H and O–H groups in total. The van der Waals surface area contributed by atoms with Gasteiger partial charge >= 0.3 is 0 Å². The third kappa shape index (κ3) is 4.16. The highest BCUT2D eigenvalue weighted by Crippen LogP contribution is 2.25. The Morgan fingerprint density at radius 2 is 1.80 bits per heavy atom. The van der Waals surface area contributed by atoms with Crippen molar-refractivity contribution in [2.24, 2.45) is 0 Å². The Kier molecular flexibility index (Phi) is 4.87. The third-order valence-corrected chi connectivity index (χ3v) is 5.72. The maximum atomic E-state index is 12.2. The van der Waals surface area contributed by atoms with Gasteiger partial charge in [-0.25, -0.2) is 21.6 Å². The monoisotopic (exact) mass is 341 g/mol. The average molecular weight is 342 g/mol. The quantitative estimate of drug-likeness (QED) is 0.824. The molecule has 0 fully saturated rings. The smallest absolute Gasteiger partial charge is 0.242 e. The zero-order valence-corrected chi connectivity index (χ0v) is 13.6. The summed E-state index contributed by atoms with van der Waals surface area (Å²) in [5.41, 5.74) is -1.09. The van der Waals surface area contributed by atoms with Crippen LogP contribution < -0.4 is 4.72 Å². The van der Waals surface area contributed by atoms with E-state index < -0.39 is 32.0 Å². The van der Waals surface area contributed by atoms with Gasteiger partial charge in [-0.2, -0.15) is 0 Å². The van der Waals surface area contributed by atoms with Crippen LogP contribution in [0.1, 0.15) is 13.8 Å². The second-order valence-corrected chi connectivity index (χ2v) is 9.09. The van der Waals surface area contributed by atoms with Crippen LogP contribution in [0.25, 0.3) is 0 Å². The van der Waals surface area contributed by atoms with Gasteiger partial charge in [0.2, 0.25) is 10.0 Å². The van der Waals surface area contributed by atoms with E-state index in [1.54, 1.807) is 0 Å². The molecule has 114 valence electrons. The average Bonchev–Trinajstić information content (AvgIpc) is 2.26. The molecule has 1 aromatic rings. The third-order valence-electron chi connectivity index (χ3n) is 2.43. The van der Waals surface area contributed by atoms with Crippen molar-refractivity contribution in [3.05, 3.63) is 23.2 Å². The fourth-order valence-electron chi connectivity index (χ4n) is 1.37. The lowest BCUT2D eigenvalue weighted by Gasteiger charge is -2.23. The zero-order chi connectivity index (χ0) is 15.8. The largest absolute Gasteiger partial charge is 0.394 e. The number of rotatable bonds is 5. The van der Waals surface area contributed by atoms with Crippen molar-refractivity contribution in [2.45, 2.75) is 29.2 Å². The highest BCUT2D eigenvalue weighted by Gasteiger charge is 2.28. The van der Waals surface area contributed by atoms with Crippen LogP contribution in [0.3, 0.4) is 0 Å².